The maximum atomic E-state index is 12.0. The lowest BCUT2D eigenvalue weighted by atomic mass is 9.95. The van der Waals surface area contributed by atoms with Crippen molar-refractivity contribution in [2.45, 2.75) is 31.1 Å². The van der Waals surface area contributed by atoms with E-state index in [4.69, 9.17) is 9.47 Å². The van der Waals surface area contributed by atoms with E-state index in [1.54, 1.807) is 35.1 Å². The van der Waals surface area contributed by atoms with Crippen LogP contribution in [0, 0.1) is 0 Å². The highest BCUT2D eigenvalue weighted by Gasteiger charge is 2.38. The molecule has 0 aliphatic rings. The van der Waals surface area contributed by atoms with E-state index in [1.807, 2.05) is 18.2 Å². The van der Waals surface area contributed by atoms with E-state index >= 15 is 0 Å². The molecule has 0 spiro atoms. The van der Waals surface area contributed by atoms with Gasteiger partial charge in [0.1, 0.15) is 0 Å². The van der Waals surface area contributed by atoms with E-state index < -0.39 is 14.6 Å². The van der Waals surface area contributed by atoms with Crippen molar-refractivity contribution in [3.05, 3.63) is 23.8 Å². The predicted octanol–water partition coefficient (Wildman–Crippen LogP) is 1.66. The fourth-order valence-corrected chi connectivity index (χ4v) is 2.92. The highest BCUT2D eigenvalue weighted by molar-refractivity contribution is 7.92. The Morgan fingerprint density at radius 2 is 1.76 bits per heavy atom. The molecule has 0 amide bonds. The Morgan fingerprint density at radius 1 is 1.19 bits per heavy atom. The van der Waals surface area contributed by atoms with Crippen molar-refractivity contribution in [3.8, 4) is 11.5 Å². The highest BCUT2D eigenvalue weighted by atomic mass is 32.2. The summed E-state index contributed by atoms with van der Waals surface area (Å²) in [5.41, 5.74) is 0.990. The molecule has 0 bridgehead atoms. The molecule has 0 saturated heterocycles. The van der Waals surface area contributed by atoms with Crippen molar-refractivity contribution >= 4 is 9.84 Å². The summed E-state index contributed by atoms with van der Waals surface area (Å²) in [4.78, 5) is 0. The first-order chi connectivity index (χ1) is 9.67. The minimum Gasteiger partial charge on any atom is -0.493 e. The monoisotopic (exact) mass is 315 g/mol. The molecule has 120 valence electrons. The Balaban J connectivity index is 3.08. The van der Waals surface area contributed by atoms with E-state index in [1.165, 1.54) is 6.26 Å². The Kier molecular flexibility index (Phi) is 5.64. The average molecular weight is 315 g/mol. The van der Waals surface area contributed by atoms with E-state index in [0.29, 0.717) is 17.9 Å². The molecule has 0 saturated carbocycles. The summed E-state index contributed by atoms with van der Waals surface area (Å²) in [6, 6.07) is 5.42. The van der Waals surface area contributed by atoms with Gasteiger partial charge in [-0.3, -0.25) is 0 Å². The first-order valence-electron chi connectivity index (χ1n) is 6.75. The van der Waals surface area contributed by atoms with E-state index in [2.05, 4.69) is 5.32 Å². The van der Waals surface area contributed by atoms with Gasteiger partial charge in [0.05, 0.1) is 19.0 Å². The molecule has 0 aliphatic carbocycles. The maximum Gasteiger partial charge on any atom is 0.160 e. The highest BCUT2D eigenvalue weighted by Crippen LogP contribution is 2.30. The van der Waals surface area contributed by atoms with Crippen LogP contribution in [0.4, 0.5) is 0 Å². The first-order valence-corrected chi connectivity index (χ1v) is 8.64. The van der Waals surface area contributed by atoms with Gasteiger partial charge in [-0.2, -0.15) is 0 Å². The van der Waals surface area contributed by atoms with Gasteiger partial charge in [0, 0.05) is 12.3 Å². The Labute approximate surface area is 127 Å². The predicted molar refractivity (Wildman–Crippen MR) is 85.0 cm³/mol. The minimum absolute atomic E-state index is 0.203. The van der Waals surface area contributed by atoms with Gasteiger partial charge in [0.25, 0.3) is 0 Å². The summed E-state index contributed by atoms with van der Waals surface area (Å²) < 4.78 is 33.6. The molecule has 0 aliphatic heterocycles. The number of nitrogens with one attached hydrogen (secondary N) is 1. The third-order valence-corrected chi connectivity index (χ3v) is 6.23. The largest absolute Gasteiger partial charge is 0.493 e. The zero-order chi connectivity index (χ0) is 16.3. The van der Waals surface area contributed by atoms with Crippen LogP contribution < -0.4 is 14.8 Å². The summed E-state index contributed by atoms with van der Waals surface area (Å²) in [5, 5.41) is 3.11. The van der Waals surface area contributed by atoms with Crippen LogP contribution in [0.15, 0.2) is 18.2 Å². The molecule has 0 fully saturated rings. The second-order valence-corrected chi connectivity index (χ2v) is 8.21. The molecule has 21 heavy (non-hydrogen) atoms. The zero-order valence-corrected chi connectivity index (χ0v) is 14.4. The van der Waals surface area contributed by atoms with Gasteiger partial charge in [-0.05, 0) is 45.0 Å². The molecule has 1 atom stereocenters. The fraction of sp³-hybridized carbons (Fsp3) is 0.600. The lowest BCUT2D eigenvalue weighted by Gasteiger charge is -2.32. The molecule has 0 heterocycles. The van der Waals surface area contributed by atoms with Crippen molar-refractivity contribution in [1.29, 1.82) is 0 Å². The number of hydrogen-bond acceptors (Lipinski definition) is 5. The molecular weight excluding hydrogens is 290 g/mol. The topological polar surface area (TPSA) is 64.6 Å². The van der Waals surface area contributed by atoms with Crippen LogP contribution in [0.25, 0.3) is 0 Å². The molecule has 1 aromatic rings. The summed E-state index contributed by atoms with van der Waals surface area (Å²) in [5.74, 6) is 1.30. The van der Waals surface area contributed by atoms with Crippen molar-refractivity contribution < 1.29 is 17.9 Å². The van der Waals surface area contributed by atoms with Crippen molar-refractivity contribution in [2.24, 2.45) is 0 Å². The number of ether oxygens (including phenoxy) is 2. The summed E-state index contributed by atoms with van der Waals surface area (Å²) in [7, 11) is 1.76. The lowest BCUT2D eigenvalue weighted by Crippen LogP contribution is -2.51. The van der Waals surface area contributed by atoms with E-state index in [-0.39, 0.29) is 6.04 Å². The van der Waals surface area contributed by atoms with Crippen LogP contribution in [0.2, 0.25) is 0 Å². The molecule has 0 radical (unpaired) electrons. The molecule has 1 rings (SSSR count). The number of benzene rings is 1. The number of sulfone groups is 1. The van der Waals surface area contributed by atoms with Crippen LogP contribution in [0.5, 0.6) is 11.5 Å². The number of hydrogen-bond donors (Lipinski definition) is 1. The summed E-state index contributed by atoms with van der Waals surface area (Å²) in [6.45, 7) is 3.48. The molecule has 5 nitrogen and oxygen atoms in total. The average Bonchev–Trinajstić information content (AvgIpc) is 2.42. The lowest BCUT2D eigenvalue weighted by molar-refractivity contribution is 0.354. The normalized spacial score (nSPS) is 13.8. The molecule has 1 unspecified atom stereocenters. The van der Waals surface area contributed by atoms with Crippen molar-refractivity contribution in [2.75, 3.05) is 27.5 Å². The van der Waals surface area contributed by atoms with Gasteiger partial charge in [0.15, 0.2) is 21.3 Å². The molecule has 1 aromatic carbocycles. The van der Waals surface area contributed by atoms with Gasteiger partial charge in [0.2, 0.25) is 0 Å². The third-order valence-electron chi connectivity index (χ3n) is 4.03. The molecular formula is C15H25NO4S. The number of methoxy groups -OCH3 is 2. The van der Waals surface area contributed by atoms with Gasteiger partial charge in [-0.25, -0.2) is 8.42 Å². The second-order valence-electron chi connectivity index (χ2n) is 5.61. The van der Waals surface area contributed by atoms with E-state index in [0.717, 1.165) is 5.56 Å². The van der Waals surface area contributed by atoms with Gasteiger partial charge in [-0.15, -0.1) is 0 Å². The van der Waals surface area contributed by atoms with Crippen LogP contribution >= 0.6 is 0 Å². The minimum atomic E-state index is -3.18. The second kappa shape index (κ2) is 6.66. The summed E-state index contributed by atoms with van der Waals surface area (Å²) >= 11 is 0. The Hall–Kier alpha value is -1.27. The van der Waals surface area contributed by atoms with Gasteiger partial charge in [-0.1, -0.05) is 6.07 Å². The smallest absolute Gasteiger partial charge is 0.160 e. The van der Waals surface area contributed by atoms with Crippen LogP contribution in [-0.4, -0.2) is 46.7 Å². The quantitative estimate of drug-likeness (QED) is 0.829. The van der Waals surface area contributed by atoms with Gasteiger partial charge < -0.3 is 14.8 Å². The zero-order valence-electron chi connectivity index (χ0n) is 13.6. The van der Waals surface area contributed by atoms with E-state index in [9.17, 15) is 8.42 Å². The third kappa shape index (κ3) is 3.89. The summed E-state index contributed by atoms with van der Waals surface area (Å²) in [6.07, 6.45) is 1.85. The molecule has 1 N–H and O–H groups in total. The number of rotatable bonds is 7. The SMILES string of the molecule is CNC(Cc1ccc(OC)c(OC)c1)C(C)(C)S(C)(=O)=O. The maximum absolute atomic E-state index is 12.0. The van der Waals surface area contributed by atoms with Crippen LogP contribution in [-0.2, 0) is 16.3 Å². The van der Waals surface area contributed by atoms with Crippen LogP contribution in [0.3, 0.4) is 0 Å². The Bertz CT molecular complexity index is 581. The molecule has 0 aromatic heterocycles. The first kappa shape index (κ1) is 17.8. The van der Waals surface area contributed by atoms with Crippen molar-refractivity contribution in [3.63, 3.8) is 0 Å². The van der Waals surface area contributed by atoms with Gasteiger partial charge >= 0.3 is 0 Å². The van der Waals surface area contributed by atoms with Crippen molar-refractivity contribution in [1.82, 2.24) is 5.32 Å². The number of likely N-dealkylation sites (N-methyl/N-ethyl adjacent to an activating group) is 1. The fourth-order valence-electron chi connectivity index (χ4n) is 2.20. The Morgan fingerprint density at radius 3 is 2.19 bits per heavy atom. The molecule has 6 heteroatoms. The standard InChI is InChI=1S/C15H25NO4S/c1-15(2,21(6,17)18)14(16-3)10-11-7-8-12(19-4)13(9-11)20-5/h7-9,14,16H,10H2,1-6H3. The van der Waals surface area contributed by atoms with Crippen LogP contribution in [0.1, 0.15) is 19.4 Å².